The Balaban J connectivity index is 2.45. The molecular formula is C12H23N. The maximum atomic E-state index is 3.88. The predicted molar refractivity (Wildman–Crippen MR) is 58.9 cm³/mol. The molecule has 0 aromatic rings. The zero-order valence-electron chi connectivity index (χ0n) is 8.94. The smallest absolute Gasteiger partial charge is 0.00107 e. The van der Waals surface area contributed by atoms with E-state index in [4.69, 9.17) is 0 Å². The molecule has 0 atom stereocenters. The van der Waals surface area contributed by atoms with Gasteiger partial charge in [-0.15, -0.1) is 6.58 Å². The van der Waals surface area contributed by atoms with E-state index < -0.39 is 0 Å². The lowest BCUT2D eigenvalue weighted by molar-refractivity contribution is 0.186. The Hall–Kier alpha value is -0.300. The zero-order chi connectivity index (χ0) is 9.57. The molecule has 0 aromatic heterocycles. The Morgan fingerprint density at radius 1 is 1.31 bits per heavy atom. The first kappa shape index (κ1) is 10.8. The van der Waals surface area contributed by atoms with Crippen LogP contribution in [0.2, 0.25) is 0 Å². The van der Waals surface area contributed by atoms with Crippen molar-refractivity contribution in [2.45, 2.75) is 45.4 Å². The molecule has 0 bridgehead atoms. The van der Waals surface area contributed by atoms with E-state index in [1.165, 1.54) is 45.1 Å². The van der Waals surface area contributed by atoms with Crippen LogP contribution < -0.4 is 5.32 Å². The Morgan fingerprint density at radius 2 is 2.00 bits per heavy atom. The Kier molecular flexibility index (Phi) is 4.51. The highest BCUT2D eigenvalue weighted by Crippen LogP contribution is 2.38. The summed E-state index contributed by atoms with van der Waals surface area (Å²) in [6, 6.07) is 0. The van der Waals surface area contributed by atoms with Gasteiger partial charge in [0.15, 0.2) is 0 Å². The monoisotopic (exact) mass is 181 g/mol. The van der Waals surface area contributed by atoms with Crippen molar-refractivity contribution in [3.63, 3.8) is 0 Å². The third-order valence-corrected chi connectivity index (χ3v) is 3.24. The Morgan fingerprint density at radius 3 is 2.54 bits per heavy atom. The summed E-state index contributed by atoms with van der Waals surface area (Å²) in [6.45, 7) is 8.35. The van der Waals surface area contributed by atoms with Crippen LogP contribution in [-0.2, 0) is 0 Å². The molecule has 0 radical (unpaired) electrons. The molecule has 76 valence electrons. The molecule has 13 heavy (non-hydrogen) atoms. The summed E-state index contributed by atoms with van der Waals surface area (Å²) in [6.07, 6.45) is 10.4. The van der Waals surface area contributed by atoms with Crippen LogP contribution in [0.25, 0.3) is 0 Å². The summed E-state index contributed by atoms with van der Waals surface area (Å²) < 4.78 is 0. The molecule has 1 nitrogen and oxygen atoms in total. The van der Waals surface area contributed by atoms with E-state index in [1.54, 1.807) is 0 Å². The Labute approximate surface area is 82.6 Å². The lowest BCUT2D eigenvalue weighted by atomic mass is 9.72. The molecule has 0 aromatic carbocycles. The fourth-order valence-electron chi connectivity index (χ4n) is 2.45. The molecule has 1 fully saturated rings. The topological polar surface area (TPSA) is 12.0 Å². The van der Waals surface area contributed by atoms with Crippen molar-refractivity contribution in [3.8, 4) is 0 Å². The summed E-state index contributed by atoms with van der Waals surface area (Å²) in [5.41, 5.74) is 0.552. The second-order valence-electron chi connectivity index (χ2n) is 4.33. The molecule has 1 aliphatic carbocycles. The van der Waals surface area contributed by atoms with Crippen LogP contribution in [0.1, 0.15) is 45.4 Å². The molecule has 1 rings (SSSR count). The van der Waals surface area contributed by atoms with Gasteiger partial charge in [-0.3, -0.25) is 0 Å². The van der Waals surface area contributed by atoms with E-state index in [1.807, 2.05) is 0 Å². The van der Waals surface area contributed by atoms with Crippen LogP contribution in [0.5, 0.6) is 0 Å². The summed E-state index contributed by atoms with van der Waals surface area (Å²) in [5.74, 6) is 0. The molecule has 0 heterocycles. The minimum Gasteiger partial charge on any atom is -0.316 e. The van der Waals surface area contributed by atoms with Gasteiger partial charge in [-0.25, -0.2) is 0 Å². The lowest BCUT2D eigenvalue weighted by Gasteiger charge is -2.36. The molecule has 1 saturated carbocycles. The molecule has 1 heteroatoms. The quantitative estimate of drug-likeness (QED) is 0.643. The molecular weight excluding hydrogens is 158 g/mol. The third-order valence-electron chi connectivity index (χ3n) is 3.24. The van der Waals surface area contributed by atoms with Gasteiger partial charge in [0, 0.05) is 6.54 Å². The molecule has 0 unspecified atom stereocenters. The maximum Gasteiger partial charge on any atom is 0.00107 e. The average Bonchev–Trinajstić information content (AvgIpc) is 2.17. The van der Waals surface area contributed by atoms with E-state index in [-0.39, 0.29) is 0 Å². The van der Waals surface area contributed by atoms with Gasteiger partial charge in [0.1, 0.15) is 0 Å². The van der Waals surface area contributed by atoms with Gasteiger partial charge >= 0.3 is 0 Å². The average molecular weight is 181 g/mol. The molecule has 1 N–H and O–H groups in total. The van der Waals surface area contributed by atoms with Crippen molar-refractivity contribution in [1.82, 2.24) is 5.32 Å². The van der Waals surface area contributed by atoms with Gasteiger partial charge in [-0.2, -0.15) is 0 Å². The van der Waals surface area contributed by atoms with Gasteiger partial charge in [-0.05, 0) is 31.2 Å². The normalized spacial score (nSPS) is 21.3. The van der Waals surface area contributed by atoms with E-state index in [2.05, 4.69) is 24.9 Å². The first-order chi connectivity index (χ1) is 6.33. The number of hydrogen-bond acceptors (Lipinski definition) is 1. The zero-order valence-corrected chi connectivity index (χ0v) is 8.94. The number of allylic oxidation sites excluding steroid dienone is 1. The van der Waals surface area contributed by atoms with Gasteiger partial charge in [-0.1, -0.05) is 32.3 Å². The van der Waals surface area contributed by atoms with Gasteiger partial charge < -0.3 is 5.32 Å². The van der Waals surface area contributed by atoms with Gasteiger partial charge in [0.2, 0.25) is 0 Å². The Bertz CT molecular complexity index is 145. The predicted octanol–water partition coefficient (Wildman–Crippen LogP) is 3.12. The van der Waals surface area contributed by atoms with E-state index in [9.17, 15) is 0 Å². The van der Waals surface area contributed by atoms with Crippen LogP contribution in [0.15, 0.2) is 12.7 Å². The van der Waals surface area contributed by atoms with Crippen molar-refractivity contribution >= 4 is 0 Å². The highest BCUT2D eigenvalue weighted by Gasteiger charge is 2.29. The molecule has 0 saturated heterocycles. The highest BCUT2D eigenvalue weighted by atomic mass is 14.9. The molecule has 0 amide bonds. The van der Waals surface area contributed by atoms with Crippen molar-refractivity contribution in [2.75, 3.05) is 13.1 Å². The molecule has 1 aliphatic rings. The fourth-order valence-corrected chi connectivity index (χ4v) is 2.45. The summed E-state index contributed by atoms with van der Waals surface area (Å²) in [5, 5.41) is 3.50. The summed E-state index contributed by atoms with van der Waals surface area (Å²) in [4.78, 5) is 0. The van der Waals surface area contributed by atoms with Crippen molar-refractivity contribution in [1.29, 1.82) is 0 Å². The third kappa shape index (κ3) is 3.15. The first-order valence-corrected chi connectivity index (χ1v) is 5.64. The van der Waals surface area contributed by atoms with Crippen molar-refractivity contribution in [2.24, 2.45) is 5.41 Å². The minimum absolute atomic E-state index is 0.552. The molecule has 0 aliphatic heterocycles. The summed E-state index contributed by atoms with van der Waals surface area (Å²) in [7, 11) is 0. The number of rotatable bonds is 5. The highest BCUT2D eigenvalue weighted by molar-refractivity contribution is 4.90. The summed E-state index contributed by atoms with van der Waals surface area (Å²) >= 11 is 0. The van der Waals surface area contributed by atoms with Crippen LogP contribution >= 0.6 is 0 Å². The SMILES string of the molecule is C=CCC1(CNCC)CCCCC1. The standard InChI is InChI=1S/C12H23N/c1-3-8-12(11-13-4-2)9-6-5-7-10-12/h3,13H,1,4-11H2,2H3. The molecule has 0 spiro atoms. The van der Waals surface area contributed by atoms with E-state index in [0.717, 1.165) is 6.54 Å². The van der Waals surface area contributed by atoms with E-state index >= 15 is 0 Å². The number of hydrogen-bond donors (Lipinski definition) is 1. The van der Waals surface area contributed by atoms with Crippen LogP contribution in [0.3, 0.4) is 0 Å². The number of nitrogens with one attached hydrogen (secondary N) is 1. The van der Waals surface area contributed by atoms with Crippen molar-refractivity contribution in [3.05, 3.63) is 12.7 Å². The van der Waals surface area contributed by atoms with Crippen LogP contribution in [0.4, 0.5) is 0 Å². The maximum absolute atomic E-state index is 3.88. The van der Waals surface area contributed by atoms with Crippen LogP contribution in [-0.4, -0.2) is 13.1 Å². The fraction of sp³-hybridized carbons (Fsp3) is 0.833. The van der Waals surface area contributed by atoms with Gasteiger partial charge in [0.05, 0.1) is 0 Å². The second kappa shape index (κ2) is 5.43. The van der Waals surface area contributed by atoms with Crippen molar-refractivity contribution < 1.29 is 0 Å². The minimum atomic E-state index is 0.552. The van der Waals surface area contributed by atoms with Crippen LogP contribution in [0, 0.1) is 5.41 Å². The second-order valence-corrected chi connectivity index (χ2v) is 4.33. The van der Waals surface area contributed by atoms with E-state index in [0.29, 0.717) is 5.41 Å². The first-order valence-electron chi connectivity index (χ1n) is 5.64. The largest absolute Gasteiger partial charge is 0.316 e. The van der Waals surface area contributed by atoms with Gasteiger partial charge in [0.25, 0.3) is 0 Å². The lowest BCUT2D eigenvalue weighted by Crippen LogP contribution is -2.35.